The summed E-state index contributed by atoms with van der Waals surface area (Å²) < 4.78 is 2.64. The maximum Gasteiger partial charge on any atom is 0.0540 e. The standard InChI is InChI=1S/C66H55NS/c1-65(2,3)50-40-49(41-51(43-50)66(4,5)6)53-28-17-24-47-25-18-30-57(63(47)53)55-26-13-15-32-60(55)67(61-39-36-48(44-20-9-7-10-21-44)42-59(61)45-22-11-8-12-23-45)52-37-34-46(35-38-52)54-29-19-31-58-56-27-14-16-33-62(56)68-64(54)58/h7-43H,1-6H3. The maximum atomic E-state index is 2.50. The number of anilines is 3. The summed E-state index contributed by atoms with van der Waals surface area (Å²) in [5, 5.41) is 5.09. The Morgan fingerprint density at radius 1 is 0.338 bits per heavy atom. The van der Waals surface area contributed by atoms with Crippen molar-refractivity contribution in [2.24, 2.45) is 0 Å². The average Bonchev–Trinajstić information content (AvgIpc) is 3.76. The molecule has 0 spiro atoms. The summed E-state index contributed by atoms with van der Waals surface area (Å²) in [4.78, 5) is 2.50. The van der Waals surface area contributed by atoms with Crippen molar-refractivity contribution in [3.63, 3.8) is 0 Å². The Kier molecular flexibility index (Phi) is 10.9. The topological polar surface area (TPSA) is 3.24 Å². The zero-order valence-corrected chi connectivity index (χ0v) is 40.5. The van der Waals surface area contributed by atoms with Gasteiger partial charge in [0.05, 0.1) is 11.4 Å². The van der Waals surface area contributed by atoms with Crippen molar-refractivity contribution in [1.82, 2.24) is 0 Å². The van der Waals surface area contributed by atoms with Crippen molar-refractivity contribution in [1.29, 1.82) is 0 Å². The van der Waals surface area contributed by atoms with Crippen LogP contribution in [0.5, 0.6) is 0 Å². The van der Waals surface area contributed by atoms with Gasteiger partial charge in [-0.3, -0.25) is 0 Å². The third-order valence-corrected chi connectivity index (χ3v) is 14.8. The highest BCUT2D eigenvalue weighted by Gasteiger charge is 2.25. The average molecular weight is 894 g/mol. The second-order valence-corrected chi connectivity index (χ2v) is 21.2. The highest BCUT2D eigenvalue weighted by molar-refractivity contribution is 7.26. The Bertz CT molecular complexity index is 3580. The Labute approximate surface area is 405 Å². The molecule has 11 aromatic rings. The molecule has 11 rings (SSSR count). The minimum atomic E-state index is -0.0109. The first-order valence-corrected chi connectivity index (χ1v) is 24.6. The van der Waals surface area contributed by atoms with E-state index >= 15 is 0 Å². The third-order valence-electron chi connectivity index (χ3n) is 13.6. The fourth-order valence-electron chi connectivity index (χ4n) is 9.91. The van der Waals surface area contributed by atoms with Crippen LogP contribution in [0, 0.1) is 0 Å². The second kappa shape index (κ2) is 17.3. The van der Waals surface area contributed by atoms with Crippen LogP contribution in [-0.4, -0.2) is 0 Å². The Morgan fingerprint density at radius 2 is 0.868 bits per heavy atom. The van der Waals surface area contributed by atoms with Crippen molar-refractivity contribution >= 4 is 59.3 Å². The van der Waals surface area contributed by atoms with Crippen LogP contribution in [0.1, 0.15) is 52.7 Å². The van der Waals surface area contributed by atoms with Crippen molar-refractivity contribution in [3.8, 4) is 55.6 Å². The van der Waals surface area contributed by atoms with Gasteiger partial charge in [0.2, 0.25) is 0 Å². The lowest BCUT2D eigenvalue weighted by molar-refractivity contribution is 0.569. The Morgan fingerprint density at radius 3 is 1.57 bits per heavy atom. The van der Waals surface area contributed by atoms with E-state index in [1.54, 1.807) is 0 Å². The fourth-order valence-corrected chi connectivity index (χ4v) is 11.2. The summed E-state index contributed by atoms with van der Waals surface area (Å²) in [6, 6.07) is 83.3. The number of para-hydroxylation sites is 1. The summed E-state index contributed by atoms with van der Waals surface area (Å²) in [7, 11) is 0. The van der Waals surface area contributed by atoms with Crippen molar-refractivity contribution in [2.75, 3.05) is 4.90 Å². The van der Waals surface area contributed by atoms with E-state index in [0.29, 0.717) is 0 Å². The summed E-state index contributed by atoms with van der Waals surface area (Å²) in [5.74, 6) is 0. The Hall–Kier alpha value is -7.52. The van der Waals surface area contributed by atoms with Crippen molar-refractivity contribution in [2.45, 2.75) is 52.4 Å². The fraction of sp³-hybridized carbons (Fsp3) is 0.121. The normalized spacial score (nSPS) is 12.0. The van der Waals surface area contributed by atoms with Gasteiger partial charge < -0.3 is 4.90 Å². The highest BCUT2D eigenvalue weighted by atomic mass is 32.1. The monoisotopic (exact) mass is 893 g/mol. The predicted molar refractivity (Wildman–Crippen MR) is 296 cm³/mol. The minimum Gasteiger partial charge on any atom is -0.309 e. The van der Waals surface area contributed by atoms with E-state index in [1.165, 1.54) is 86.6 Å². The summed E-state index contributed by atoms with van der Waals surface area (Å²) >= 11 is 1.88. The van der Waals surface area contributed by atoms with Gasteiger partial charge in [0.1, 0.15) is 0 Å². The molecule has 2 heteroatoms. The lowest BCUT2D eigenvalue weighted by Gasteiger charge is -2.31. The maximum absolute atomic E-state index is 2.50. The van der Waals surface area contributed by atoms with Gasteiger partial charge in [0, 0.05) is 37.0 Å². The number of rotatable bonds is 8. The van der Waals surface area contributed by atoms with Gasteiger partial charge in [-0.1, -0.05) is 230 Å². The molecule has 0 saturated heterocycles. The molecule has 0 aliphatic carbocycles. The van der Waals surface area contributed by atoms with Crippen LogP contribution in [0.4, 0.5) is 17.1 Å². The molecular weight excluding hydrogens is 839 g/mol. The third kappa shape index (κ3) is 7.99. The van der Waals surface area contributed by atoms with Gasteiger partial charge in [-0.25, -0.2) is 0 Å². The van der Waals surface area contributed by atoms with Crippen LogP contribution in [0.25, 0.3) is 86.6 Å². The molecule has 0 unspecified atom stereocenters. The Balaban J connectivity index is 1.15. The van der Waals surface area contributed by atoms with E-state index in [4.69, 9.17) is 0 Å². The molecule has 10 aromatic carbocycles. The molecule has 0 bridgehead atoms. The van der Waals surface area contributed by atoms with E-state index < -0.39 is 0 Å². The van der Waals surface area contributed by atoms with E-state index in [2.05, 4.69) is 271 Å². The molecule has 0 N–H and O–H groups in total. The molecule has 0 aliphatic heterocycles. The molecule has 68 heavy (non-hydrogen) atoms. The summed E-state index contributed by atoms with van der Waals surface area (Å²) in [6.45, 7) is 13.9. The molecule has 0 atom stereocenters. The summed E-state index contributed by atoms with van der Waals surface area (Å²) in [6.07, 6.45) is 0. The molecular formula is C66H55NS. The van der Waals surface area contributed by atoms with Gasteiger partial charge in [-0.05, 0) is 114 Å². The zero-order chi connectivity index (χ0) is 46.6. The van der Waals surface area contributed by atoms with E-state index in [1.807, 2.05) is 11.3 Å². The SMILES string of the molecule is CC(C)(C)c1cc(-c2cccc3cccc(-c4ccccc4N(c4ccc(-c5cccc6c5sc5ccccc56)cc4)c4ccc(-c5ccccc5)cc4-c4ccccc4)c23)cc(C(C)(C)C)c1. The van der Waals surface area contributed by atoms with Gasteiger partial charge in [0.25, 0.3) is 0 Å². The van der Waals surface area contributed by atoms with Gasteiger partial charge in [0.15, 0.2) is 0 Å². The molecule has 0 radical (unpaired) electrons. The van der Waals surface area contributed by atoms with Crippen molar-refractivity contribution in [3.05, 3.63) is 236 Å². The predicted octanol–water partition coefficient (Wildman–Crippen LogP) is 19.6. The molecule has 330 valence electrons. The lowest BCUT2D eigenvalue weighted by atomic mass is 9.78. The van der Waals surface area contributed by atoms with Crippen LogP contribution in [-0.2, 0) is 10.8 Å². The molecule has 0 fully saturated rings. The van der Waals surface area contributed by atoms with Crippen LogP contribution < -0.4 is 4.90 Å². The number of benzene rings is 10. The molecule has 1 nitrogen and oxygen atoms in total. The van der Waals surface area contributed by atoms with E-state index in [0.717, 1.165) is 28.2 Å². The second-order valence-electron chi connectivity index (χ2n) is 20.2. The molecule has 1 aromatic heterocycles. The van der Waals surface area contributed by atoms with Crippen LogP contribution in [0.2, 0.25) is 0 Å². The smallest absolute Gasteiger partial charge is 0.0540 e. The number of fused-ring (bicyclic) bond motifs is 4. The first-order chi connectivity index (χ1) is 33.0. The van der Waals surface area contributed by atoms with Gasteiger partial charge >= 0.3 is 0 Å². The van der Waals surface area contributed by atoms with Crippen LogP contribution in [0.3, 0.4) is 0 Å². The number of thiophene rings is 1. The number of nitrogens with zero attached hydrogens (tertiary/aromatic N) is 1. The first-order valence-electron chi connectivity index (χ1n) is 23.8. The molecule has 0 saturated carbocycles. The highest BCUT2D eigenvalue weighted by Crippen LogP contribution is 2.49. The number of hydrogen-bond donors (Lipinski definition) is 0. The summed E-state index contributed by atoms with van der Waals surface area (Å²) in [5.41, 5.74) is 18.0. The van der Waals surface area contributed by atoms with E-state index in [-0.39, 0.29) is 10.8 Å². The minimum absolute atomic E-state index is 0.0109. The van der Waals surface area contributed by atoms with Crippen LogP contribution in [0.15, 0.2) is 224 Å². The molecule has 0 amide bonds. The zero-order valence-electron chi connectivity index (χ0n) is 39.7. The number of hydrogen-bond acceptors (Lipinski definition) is 2. The van der Waals surface area contributed by atoms with Gasteiger partial charge in [-0.15, -0.1) is 11.3 Å². The molecule has 0 aliphatic rings. The molecule has 1 heterocycles. The van der Waals surface area contributed by atoms with Crippen LogP contribution >= 0.6 is 11.3 Å². The van der Waals surface area contributed by atoms with Gasteiger partial charge in [-0.2, -0.15) is 0 Å². The van der Waals surface area contributed by atoms with E-state index in [9.17, 15) is 0 Å². The quantitative estimate of drug-likeness (QED) is 0.147. The lowest BCUT2D eigenvalue weighted by Crippen LogP contribution is -2.16. The largest absolute Gasteiger partial charge is 0.309 e. The first kappa shape index (κ1) is 43.1. The van der Waals surface area contributed by atoms with Crippen molar-refractivity contribution < 1.29 is 0 Å².